The van der Waals surface area contributed by atoms with E-state index in [0.717, 1.165) is 0 Å². The summed E-state index contributed by atoms with van der Waals surface area (Å²) in [7, 11) is 0. The molecule has 1 amide bonds. The van der Waals surface area contributed by atoms with Gasteiger partial charge in [0.2, 0.25) is 0 Å². The number of hydrogen-bond donors (Lipinski definition) is 3. The van der Waals surface area contributed by atoms with Crippen molar-refractivity contribution in [2.45, 2.75) is 13.3 Å². The van der Waals surface area contributed by atoms with Crippen LogP contribution in [0.5, 0.6) is 0 Å². The Morgan fingerprint density at radius 3 is 2.90 bits per heavy atom. The predicted octanol–water partition coefficient (Wildman–Crippen LogP) is 0.416. The number of nitrogens with zero attached hydrogens (tertiary/aromatic N) is 2. The molecule has 0 aliphatic carbocycles. The molecule has 0 radical (unpaired) electrons. The van der Waals surface area contributed by atoms with E-state index in [1.165, 1.54) is 6.26 Å². The highest BCUT2D eigenvalue weighted by Gasteiger charge is 2.10. The Kier molecular flexibility index (Phi) is 6.18. The van der Waals surface area contributed by atoms with E-state index in [1.54, 1.807) is 19.1 Å². The molecule has 0 aromatic carbocycles. The molecule has 7 heteroatoms. The van der Waals surface area contributed by atoms with Crippen molar-refractivity contribution in [1.82, 2.24) is 5.32 Å². The van der Waals surface area contributed by atoms with Gasteiger partial charge in [-0.15, -0.1) is 0 Å². The van der Waals surface area contributed by atoms with Crippen LogP contribution in [0, 0.1) is 0 Å². The number of furan rings is 1. The van der Waals surface area contributed by atoms with Gasteiger partial charge in [0.25, 0.3) is 5.91 Å². The Balaban J connectivity index is 2.85. The molecule has 0 bridgehead atoms. The number of carbonyl (C=O) groups excluding carboxylic acids is 1. The van der Waals surface area contributed by atoms with Crippen LogP contribution in [0.25, 0.3) is 0 Å². The topological polar surface area (TPSA) is 113 Å². The number of amidine groups is 1. The van der Waals surface area contributed by atoms with Crippen LogP contribution in [0.4, 0.5) is 0 Å². The van der Waals surface area contributed by atoms with Gasteiger partial charge < -0.3 is 20.6 Å². The number of aliphatic hydroxyl groups excluding tert-OH is 1. The third-order valence-electron chi connectivity index (χ3n) is 2.46. The van der Waals surface area contributed by atoms with Gasteiger partial charge >= 0.3 is 0 Å². The van der Waals surface area contributed by atoms with E-state index >= 15 is 0 Å². The van der Waals surface area contributed by atoms with Crippen LogP contribution in [0.1, 0.15) is 19.1 Å². The van der Waals surface area contributed by atoms with Crippen molar-refractivity contribution in [1.29, 1.82) is 0 Å². The maximum Gasteiger partial charge on any atom is 0.250 e. The zero-order valence-corrected chi connectivity index (χ0v) is 11.3. The van der Waals surface area contributed by atoms with E-state index in [2.05, 4.69) is 22.0 Å². The van der Waals surface area contributed by atoms with Crippen LogP contribution in [0.2, 0.25) is 0 Å². The first-order chi connectivity index (χ1) is 9.60. The van der Waals surface area contributed by atoms with Crippen LogP contribution >= 0.6 is 0 Å². The van der Waals surface area contributed by atoms with E-state index in [0.29, 0.717) is 18.7 Å². The van der Waals surface area contributed by atoms with E-state index in [4.69, 9.17) is 15.3 Å². The molecule has 1 heterocycles. The minimum atomic E-state index is -0.345. The Hall–Kier alpha value is -2.41. The molecule has 1 aromatic rings. The highest BCUT2D eigenvalue weighted by atomic mass is 16.3. The van der Waals surface area contributed by atoms with E-state index in [1.807, 2.05) is 0 Å². The summed E-state index contributed by atoms with van der Waals surface area (Å²) >= 11 is 0. The number of aliphatic hydroxyl groups is 1. The van der Waals surface area contributed by atoms with Crippen LogP contribution in [0.3, 0.4) is 0 Å². The molecule has 1 aromatic heterocycles. The Morgan fingerprint density at radius 1 is 1.60 bits per heavy atom. The van der Waals surface area contributed by atoms with Crippen molar-refractivity contribution in [3.05, 3.63) is 35.6 Å². The van der Waals surface area contributed by atoms with Crippen molar-refractivity contribution in [2.24, 2.45) is 15.7 Å². The van der Waals surface area contributed by atoms with Crippen molar-refractivity contribution in [3.63, 3.8) is 0 Å². The van der Waals surface area contributed by atoms with Crippen LogP contribution in [-0.4, -0.2) is 36.7 Å². The Bertz CT molecular complexity index is 518. The molecular weight excluding hydrogens is 260 g/mol. The lowest BCUT2D eigenvalue weighted by atomic mass is 10.2. The van der Waals surface area contributed by atoms with Gasteiger partial charge in [-0.05, 0) is 32.2 Å². The van der Waals surface area contributed by atoms with Crippen molar-refractivity contribution < 1.29 is 14.3 Å². The van der Waals surface area contributed by atoms with Gasteiger partial charge in [0, 0.05) is 13.2 Å². The first-order valence-corrected chi connectivity index (χ1v) is 6.04. The third-order valence-corrected chi connectivity index (χ3v) is 2.46. The molecule has 4 N–H and O–H groups in total. The lowest BCUT2D eigenvalue weighted by molar-refractivity contribution is -0.117. The fourth-order valence-corrected chi connectivity index (χ4v) is 1.30. The SMILES string of the molecule is C=N/C(=N\C(N)=C(/C)C(=O)NCCCO)c1ccco1. The third kappa shape index (κ3) is 4.36. The molecule has 0 aliphatic heterocycles. The number of aliphatic imine (C=N–C) groups is 2. The second kappa shape index (κ2) is 7.90. The zero-order chi connectivity index (χ0) is 15.0. The smallest absolute Gasteiger partial charge is 0.250 e. The number of hydrogen-bond acceptors (Lipinski definition) is 5. The van der Waals surface area contributed by atoms with E-state index < -0.39 is 0 Å². The normalized spacial score (nSPS) is 12.8. The highest BCUT2D eigenvalue weighted by Crippen LogP contribution is 2.07. The largest absolute Gasteiger partial charge is 0.461 e. The van der Waals surface area contributed by atoms with Crippen LogP contribution < -0.4 is 11.1 Å². The molecule has 0 spiro atoms. The zero-order valence-electron chi connectivity index (χ0n) is 11.3. The Labute approximate surface area is 116 Å². The average Bonchev–Trinajstić information content (AvgIpc) is 2.97. The molecule has 1 rings (SSSR count). The number of nitrogens with one attached hydrogen (secondary N) is 1. The summed E-state index contributed by atoms with van der Waals surface area (Å²) in [6.45, 7) is 5.32. The van der Waals surface area contributed by atoms with Crippen molar-refractivity contribution in [3.8, 4) is 0 Å². The summed E-state index contributed by atoms with van der Waals surface area (Å²) < 4.78 is 5.14. The molecule has 108 valence electrons. The summed E-state index contributed by atoms with van der Waals surface area (Å²) in [5.41, 5.74) is 6.02. The molecular formula is C13H18N4O3. The number of rotatable bonds is 6. The second-order valence-corrected chi connectivity index (χ2v) is 3.91. The molecule has 0 unspecified atom stereocenters. The van der Waals surface area contributed by atoms with Gasteiger partial charge in [0.05, 0.1) is 11.8 Å². The number of amides is 1. The lowest BCUT2D eigenvalue weighted by Crippen LogP contribution is -2.27. The fraction of sp³-hybridized carbons (Fsp3) is 0.308. The highest BCUT2D eigenvalue weighted by molar-refractivity contribution is 6.00. The van der Waals surface area contributed by atoms with Gasteiger partial charge in [-0.3, -0.25) is 4.79 Å². The standard InChI is InChI=1S/C13H18N4O3/c1-9(13(19)16-6-4-7-18)11(14)17-12(15-2)10-5-3-8-20-10/h3,5,8,18H,2,4,6-7,14H2,1H3,(H,16,19)/b11-9+,17-12-. The molecule has 0 saturated carbocycles. The number of nitrogens with two attached hydrogens (primary N) is 1. The summed E-state index contributed by atoms with van der Waals surface area (Å²) in [6, 6.07) is 3.35. The average molecular weight is 278 g/mol. The summed E-state index contributed by atoms with van der Waals surface area (Å²) in [4.78, 5) is 19.5. The van der Waals surface area contributed by atoms with Crippen LogP contribution in [-0.2, 0) is 4.79 Å². The first kappa shape index (κ1) is 15.6. The van der Waals surface area contributed by atoms with E-state index in [-0.39, 0.29) is 29.7 Å². The summed E-state index contributed by atoms with van der Waals surface area (Å²) in [5, 5.41) is 11.3. The summed E-state index contributed by atoms with van der Waals surface area (Å²) in [6.07, 6.45) is 1.96. The maximum atomic E-state index is 11.7. The lowest BCUT2D eigenvalue weighted by Gasteiger charge is -2.06. The van der Waals surface area contributed by atoms with Gasteiger partial charge in [-0.25, -0.2) is 9.98 Å². The molecule has 0 atom stereocenters. The minimum absolute atomic E-state index is 0.0136. The Morgan fingerprint density at radius 2 is 2.35 bits per heavy atom. The van der Waals surface area contributed by atoms with Crippen molar-refractivity contribution >= 4 is 18.5 Å². The fourth-order valence-electron chi connectivity index (χ4n) is 1.30. The van der Waals surface area contributed by atoms with Crippen LogP contribution in [0.15, 0.2) is 44.2 Å². The molecule has 20 heavy (non-hydrogen) atoms. The second-order valence-electron chi connectivity index (χ2n) is 3.91. The molecule has 0 saturated heterocycles. The molecule has 0 fully saturated rings. The van der Waals surface area contributed by atoms with Gasteiger partial charge in [-0.1, -0.05) is 0 Å². The van der Waals surface area contributed by atoms with E-state index in [9.17, 15) is 4.79 Å². The monoisotopic (exact) mass is 278 g/mol. The quantitative estimate of drug-likeness (QED) is 0.303. The van der Waals surface area contributed by atoms with Crippen molar-refractivity contribution in [2.75, 3.05) is 13.2 Å². The first-order valence-electron chi connectivity index (χ1n) is 6.04. The predicted molar refractivity (Wildman–Crippen MR) is 76.4 cm³/mol. The number of carbonyl (C=O) groups is 1. The molecule has 7 nitrogen and oxygen atoms in total. The summed E-state index contributed by atoms with van der Waals surface area (Å²) in [5.74, 6) is 0.305. The van der Waals surface area contributed by atoms with Gasteiger partial charge in [0.15, 0.2) is 11.6 Å². The molecule has 0 aliphatic rings. The maximum absolute atomic E-state index is 11.7. The van der Waals surface area contributed by atoms with Gasteiger partial charge in [-0.2, -0.15) is 0 Å². The minimum Gasteiger partial charge on any atom is -0.461 e. The van der Waals surface area contributed by atoms with Gasteiger partial charge in [0.1, 0.15) is 5.82 Å².